The third-order valence-electron chi connectivity index (χ3n) is 6.82. The Morgan fingerprint density at radius 1 is 1.03 bits per heavy atom. The van der Waals surface area contributed by atoms with Crippen LogP contribution in [0.2, 0.25) is 0 Å². The summed E-state index contributed by atoms with van der Waals surface area (Å²) in [5, 5.41) is 0.641. The summed E-state index contributed by atoms with van der Waals surface area (Å²) in [5.74, 6) is -0.201. The van der Waals surface area contributed by atoms with Crippen LogP contribution in [0, 0.1) is 13.8 Å². The van der Waals surface area contributed by atoms with Gasteiger partial charge in [-0.2, -0.15) is 0 Å². The first-order valence-electron chi connectivity index (χ1n) is 12.7. The monoisotopic (exact) mass is 584 g/mol. The van der Waals surface area contributed by atoms with Crippen LogP contribution >= 0.6 is 23.7 Å². The number of rotatable bonds is 7. The van der Waals surface area contributed by atoms with E-state index < -0.39 is 10.0 Å². The molecule has 1 aliphatic rings. The molecule has 0 saturated carbocycles. The van der Waals surface area contributed by atoms with Crippen molar-refractivity contribution >= 4 is 60.7 Å². The number of aromatic nitrogens is 1. The molecule has 39 heavy (non-hydrogen) atoms. The lowest BCUT2D eigenvalue weighted by atomic mass is 10.0. The Labute approximate surface area is 240 Å². The van der Waals surface area contributed by atoms with Crippen molar-refractivity contribution in [2.24, 2.45) is 0 Å². The zero-order valence-electron chi connectivity index (χ0n) is 22.5. The summed E-state index contributed by atoms with van der Waals surface area (Å²) in [6, 6.07) is 18.1. The third kappa shape index (κ3) is 5.82. The molecule has 0 fully saturated rings. The number of anilines is 2. The normalized spacial score (nSPS) is 13.3. The van der Waals surface area contributed by atoms with E-state index in [-0.39, 0.29) is 23.2 Å². The van der Waals surface area contributed by atoms with Crippen molar-refractivity contribution in [3.8, 4) is 0 Å². The summed E-state index contributed by atoms with van der Waals surface area (Å²) in [5.41, 5.74) is 5.33. The number of para-hydroxylation sites is 1. The second kappa shape index (κ2) is 11.6. The standard InChI is InChI=1S/C29H32N4O3S2.ClH/c1-20-18-21(2)27-26(19-20)37-29(30-27)32(17-16-31(3)4)28(34)23-11-13-24(14-12-23)38(35,36)33-15-7-9-22-8-5-6-10-25(22)33;/h5-6,8,10-14,18-19H,7,9,15-17H2,1-4H3;1H. The Hall–Kier alpha value is -2.98. The van der Waals surface area contributed by atoms with Gasteiger partial charge in [0, 0.05) is 25.2 Å². The average Bonchev–Trinajstić information content (AvgIpc) is 3.32. The lowest BCUT2D eigenvalue weighted by Gasteiger charge is -2.30. The van der Waals surface area contributed by atoms with Crippen molar-refractivity contribution in [2.45, 2.75) is 31.6 Å². The van der Waals surface area contributed by atoms with Gasteiger partial charge in [0.15, 0.2) is 5.13 Å². The fourth-order valence-electron chi connectivity index (χ4n) is 4.86. The van der Waals surface area contributed by atoms with E-state index in [9.17, 15) is 13.2 Å². The number of amides is 1. The van der Waals surface area contributed by atoms with Crippen molar-refractivity contribution in [3.63, 3.8) is 0 Å². The van der Waals surface area contributed by atoms with Gasteiger partial charge >= 0.3 is 0 Å². The van der Waals surface area contributed by atoms with Crippen molar-refractivity contribution < 1.29 is 13.2 Å². The minimum atomic E-state index is -3.75. The van der Waals surface area contributed by atoms with Crippen LogP contribution in [-0.2, 0) is 16.4 Å². The van der Waals surface area contributed by atoms with E-state index in [4.69, 9.17) is 4.98 Å². The molecule has 2 heterocycles. The summed E-state index contributed by atoms with van der Waals surface area (Å²) in [4.78, 5) is 22.4. The van der Waals surface area contributed by atoms with E-state index in [1.54, 1.807) is 17.0 Å². The zero-order valence-corrected chi connectivity index (χ0v) is 25.0. The lowest BCUT2D eigenvalue weighted by molar-refractivity contribution is 0.0985. The first-order valence-corrected chi connectivity index (χ1v) is 15.0. The highest BCUT2D eigenvalue weighted by Gasteiger charge is 2.29. The van der Waals surface area contributed by atoms with E-state index in [1.807, 2.05) is 50.2 Å². The quantitative estimate of drug-likeness (QED) is 0.279. The zero-order chi connectivity index (χ0) is 27.0. The molecule has 1 aliphatic heterocycles. The van der Waals surface area contributed by atoms with Gasteiger partial charge in [-0.1, -0.05) is 35.6 Å². The van der Waals surface area contributed by atoms with Crippen LogP contribution in [0.15, 0.2) is 65.6 Å². The van der Waals surface area contributed by atoms with E-state index in [1.165, 1.54) is 27.8 Å². The van der Waals surface area contributed by atoms with E-state index in [0.29, 0.717) is 30.3 Å². The Morgan fingerprint density at radius 2 is 1.74 bits per heavy atom. The number of halogens is 1. The number of hydrogen-bond donors (Lipinski definition) is 0. The largest absolute Gasteiger partial charge is 0.308 e. The molecule has 0 radical (unpaired) electrons. The van der Waals surface area contributed by atoms with Crippen molar-refractivity contribution in [1.29, 1.82) is 0 Å². The first kappa shape index (κ1) is 29.0. The second-order valence-electron chi connectivity index (χ2n) is 10.0. The molecule has 10 heteroatoms. The molecular formula is C29H33ClN4O3S2. The van der Waals surface area contributed by atoms with Gasteiger partial charge in [-0.25, -0.2) is 13.4 Å². The molecular weight excluding hydrogens is 552 g/mol. The highest BCUT2D eigenvalue weighted by Crippen LogP contribution is 2.34. The number of thiazole rings is 1. The summed E-state index contributed by atoms with van der Waals surface area (Å²) >= 11 is 1.50. The number of aryl methyl sites for hydroxylation is 3. The van der Waals surface area contributed by atoms with Crippen molar-refractivity contribution in [1.82, 2.24) is 9.88 Å². The number of sulfonamides is 1. The number of carbonyl (C=O) groups is 1. The molecule has 1 aromatic heterocycles. The molecule has 5 rings (SSSR count). The summed E-state index contributed by atoms with van der Waals surface area (Å²) in [6.07, 6.45) is 1.64. The molecule has 7 nitrogen and oxygen atoms in total. The van der Waals surface area contributed by atoms with Crippen LogP contribution in [0.1, 0.15) is 33.5 Å². The predicted octanol–water partition coefficient (Wildman–Crippen LogP) is 5.68. The Morgan fingerprint density at radius 3 is 2.46 bits per heavy atom. The second-order valence-corrected chi connectivity index (χ2v) is 12.9. The summed E-state index contributed by atoms with van der Waals surface area (Å²) in [7, 11) is 0.184. The molecule has 0 unspecified atom stereocenters. The number of likely N-dealkylation sites (N-methyl/N-ethyl adjacent to an activating group) is 1. The molecule has 4 aromatic rings. The topological polar surface area (TPSA) is 73.8 Å². The lowest BCUT2D eigenvalue weighted by Crippen LogP contribution is -2.37. The molecule has 0 bridgehead atoms. The number of benzene rings is 3. The smallest absolute Gasteiger partial charge is 0.264 e. The van der Waals surface area contributed by atoms with Gasteiger partial charge in [0.05, 0.1) is 20.8 Å². The van der Waals surface area contributed by atoms with Crippen LogP contribution in [0.25, 0.3) is 10.2 Å². The van der Waals surface area contributed by atoms with E-state index in [0.717, 1.165) is 45.4 Å². The Balaban J connectivity index is 0.00000353. The number of fused-ring (bicyclic) bond motifs is 2. The maximum Gasteiger partial charge on any atom is 0.264 e. The molecule has 0 spiro atoms. The summed E-state index contributed by atoms with van der Waals surface area (Å²) < 4.78 is 29.6. The van der Waals surface area contributed by atoms with Crippen molar-refractivity contribution in [2.75, 3.05) is 42.9 Å². The minimum absolute atomic E-state index is 0. The SMILES string of the molecule is Cc1cc(C)c2nc(N(CCN(C)C)C(=O)c3ccc(S(=O)(=O)N4CCCc5ccccc54)cc3)sc2c1.Cl. The minimum Gasteiger partial charge on any atom is -0.308 e. The highest BCUT2D eigenvalue weighted by atomic mass is 35.5. The maximum atomic E-state index is 13.7. The molecule has 206 valence electrons. The van der Waals surface area contributed by atoms with Gasteiger partial charge in [-0.15, -0.1) is 12.4 Å². The van der Waals surface area contributed by atoms with Crippen LogP contribution in [0.5, 0.6) is 0 Å². The molecule has 0 N–H and O–H groups in total. The predicted molar refractivity (Wildman–Crippen MR) is 162 cm³/mol. The third-order valence-corrected chi connectivity index (χ3v) is 9.68. The van der Waals surface area contributed by atoms with Crippen LogP contribution < -0.4 is 9.21 Å². The fourth-order valence-corrected chi connectivity index (χ4v) is 7.57. The Kier molecular flexibility index (Phi) is 8.66. The van der Waals surface area contributed by atoms with Gasteiger partial charge in [0.2, 0.25) is 0 Å². The fraction of sp³-hybridized carbons (Fsp3) is 0.310. The van der Waals surface area contributed by atoms with Gasteiger partial charge in [-0.3, -0.25) is 14.0 Å². The molecule has 0 atom stereocenters. The number of carbonyl (C=O) groups excluding carboxylic acids is 1. The van der Waals surface area contributed by atoms with Gasteiger partial charge in [0.1, 0.15) is 0 Å². The van der Waals surface area contributed by atoms with Crippen LogP contribution in [0.3, 0.4) is 0 Å². The molecule has 1 amide bonds. The summed E-state index contributed by atoms with van der Waals surface area (Å²) in [6.45, 7) is 5.66. The highest BCUT2D eigenvalue weighted by molar-refractivity contribution is 7.92. The molecule has 3 aromatic carbocycles. The van der Waals surface area contributed by atoms with Gasteiger partial charge < -0.3 is 4.90 Å². The molecule has 0 aliphatic carbocycles. The van der Waals surface area contributed by atoms with E-state index in [2.05, 4.69) is 19.1 Å². The van der Waals surface area contributed by atoms with Crippen molar-refractivity contribution in [3.05, 3.63) is 82.9 Å². The van der Waals surface area contributed by atoms with Crippen LogP contribution in [0.4, 0.5) is 10.8 Å². The number of hydrogen-bond acceptors (Lipinski definition) is 6. The first-order chi connectivity index (χ1) is 18.1. The van der Waals surface area contributed by atoms with Gasteiger partial charge in [-0.05, 0) is 93.9 Å². The maximum absolute atomic E-state index is 13.7. The number of nitrogens with zero attached hydrogens (tertiary/aromatic N) is 4. The van der Waals surface area contributed by atoms with Crippen LogP contribution in [-0.4, -0.2) is 57.9 Å². The van der Waals surface area contributed by atoms with Gasteiger partial charge in [0.25, 0.3) is 15.9 Å². The van der Waals surface area contributed by atoms with E-state index >= 15 is 0 Å². The average molecular weight is 585 g/mol. The Bertz CT molecular complexity index is 1600. The molecule has 0 saturated heterocycles.